The summed E-state index contributed by atoms with van der Waals surface area (Å²) < 4.78 is 3.40. The maximum absolute atomic E-state index is 12.1. The first-order chi connectivity index (χ1) is 8.04. The fourth-order valence-corrected chi connectivity index (χ4v) is 1.83. The van der Waals surface area contributed by atoms with E-state index in [0.717, 1.165) is 11.4 Å². The van der Waals surface area contributed by atoms with E-state index in [1.807, 2.05) is 45.1 Å². The fourth-order valence-electron chi connectivity index (χ4n) is 1.83. The van der Waals surface area contributed by atoms with Crippen molar-refractivity contribution in [3.8, 4) is 0 Å². The Hall–Kier alpha value is -1.77. The molecule has 0 aliphatic carbocycles. The Kier molecular flexibility index (Phi) is 4.32. The number of aromatic nitrogens is 2. The van der Waals surface area contributed by atoms with E-state index in [-0.39, 0.29) is 11.7 Å². The van der Waals surface area contributed by atoms with Crippen LogP contribution >= 0.6 is 0 Å². The van der Waals surface area contributed by atoms with Gasteiger partial charge in [-0.3, -0.25) is 9.13 Å². The molecule has 1 rings (SSSR count). The zero-order valence-electron chi connectivity index (χ0n) is 11.0. The highest BCUT2D eigenvalue weighted by Crippen LogP contribution is 2.15. The zero-order chi connectivity index (χ0) is 13.0. The van der Waals surface area contributed by atoms with E-state index < -0.39 is 0 Å². The molecular weight excluding hydrogens is 212 g/mol. The highest BCUT2D eigenvalue weighted by Gasteiger charge is 2.15. The maximum atomic E-state index is 12.1. The minimum absolute atomic E-state index is 0.00460. The summed E-state index contributed by atoms with van der Waals surface area (Å²) in [6, 6.07) is 0.132. The second-order valence-corrected chi connectivity index (χ2v) is 4.16. The zero-order valence-corrected chi connectivity index (χ0v) is 11.0. The van der Waals surface area contributed by atoms with Gasteiger partial charge in [-0.1, -0.05) is 24.8 Å². The predicted octanol–water partition coefficient (Wildman–Crippen LogP) is 3.00. The van der Waals surface area contributed by atoms with Crippen LogP contribution in [0.1, 0.15) is 38.2 Å². The Morgan fingerprint density at radius 3 is 2.35 bits per heavy atom. The third-order valence-electron chi connectivity index (χ3n) is 2.64. The Labute approximate surface area is 102 Å². The molecule has 0 N–H and O–H groups in total. The van der Waals surface area contributed by atoms with Crippen LogP contribution in [0, 0.1) is 0 Å². The molecule has 0 fully saturated rings. The van der Waals surface area contributed by atoms with Gasteiger partial charge in [-0.15, -0.1) is 0 Å². The maximum Gasteiger partial charge on any atom is 0.329 e. The highest BCUT2D eigenvalue weighted by molar-refractivity contribution is 5.60. The first-order valence-electron chi connectivity index (χ1n) is 5.77. The molecule has 0 aliphatic rings. The highest BCUT2D eigenvalue weighted by atomic mass is 16.1. The van der Waals surface area contributed by atoms with Crippen LogP contribution in [0.25, 0.3) is 12.2 Å². The van der Waals surface area contributed by atoms with Crippen molar-refractivity contribution in [2.24, 2.45) is 7.05 Å². The molecule has 0 aromatic carbocycles. The van der Waals surface area contributed by atoms with Crippen molar-refractivity contribution in [3.05, 3.63) is 46.7 Å². The lowest BCUT2D eigenvalue weighted by molar-refractivity contribution is 0.564. The molecule has 0 aliphatic heterocycles. The molecule has 3 heteroatoms. The topological polar surface area (TPSA) is 26.9 Å². The summed E-state index contributed by atoms with van der Waals surface area (Å²) in [7, 11) is 1.77. The van der Waals surface area contributed by atoms with Gasteiger partial charge in [0.15, 0.2) is 0 Å². The molecule has 1 aromatic rings. The van der Waals surface area contributed by atoms with Crippen molar-refractivity contribution in [2.75, 3.05) is 0 Å². The van der Waals surface area contributed by atoms with E-state index in [1.54, 1.807) is 22.3 Å². The van der Waals surface area contributed by atoms with Crippen LogP contribution in [0.2, 0.25) is 0 Å². The van der Waals surface area contributed by atoms with Crippen molar-refractivity contribution in [1.29, 1.82) is 0 Å². The molecule has 0 unspecified atom stereocenters. The number of imidazole rings is 1. The van der Waals surface area contributed by atoms with Crippen LogP contribution in [0.5, 0.6) is 0 Å². The second-order valence-electron chi connectivity index (χ2n) is 4.16. The lowest BCUT2D eigenvalue weighted by atomic mass is 10.2. The Morgan fingerprint density at radius 2 is 1.88 bits per heavy atom. The molecule has 1 aromatic heterocycles. The lowest BCUT2D eigenvalue weighted by Crippen LogP contribution is -2.24. The lowest BCUT2D eigenvalue weighted by Gasteiger charge is -2.08. The first kappa shape index (κ1) is 13.3. The smallest absolute Gasteiger partial charge is 0.295 e. The molecule has 0 atom stereocenters. The fraction of sp³-hybridized carbons (Fsp3) is 0.357. The van der Waals surface area contributed by atoms with Crippen molar-refractivity contribution in [3.63, 3.8) is 0 Å². The van der Waals surface area contributed by atoms with Gasteiger partial charge in [-0.2, -0.15) is 0 Å². The molecule has 0 saturated heterocycles. The van der Waals surface area contributed by atoms with Crippen molar-refractivity contribution in [2.45, 2.75) is 26.8 Å². The molecule has 0 bridgehead atoms. The minimum atomic E-state index is -0.00460. The standard InChI is InChI=1S/C14H20N2O/c1-6-8-9-10-13-12(7-2)15(5)14(17)16(13)11(3)4/h6-11H,2H2,1,3-5H3/b8-6-,10-9-. The third kappa shape index (κ3) is 2.49. The van der Waals surface area contributed by atoms with Gasteiger partial charge in [0.05, 0.1) is 11.4 Å². The number of hydrogen-bond donors (Lipinski definition) is 0. The van der Waals surface area contributed by atoms with E-state index in [1.165, 1.54) is 0 Å². The molecule has 0 amide bonds. The number of rotatable bonds is 4. The van der Waals surface area contributed by atoms with Crippen LogP contribution in [-0.2, 0) is 7.05 Å². The van der Waals surface area contributed by atoms with Crippen LogP contribution in [0.15, 0.2) is 29.6 Å². The summed E-state index contributed by atoms with van der Waals surface area (Å²) in [4.78, 5) is 12.1. The predicted molar refractivity (Wildman–Crippen MR) is 74.0 cm³/mol. The SMILES string of the molecule is C=Cc1c(/C=C\C=C/C)n(C(C)C)c(=O)n1C. The summed E-state index contributed by atoms with van der Waals surface area (Å²) >= 11 is 0. The molecule has 17 heavy (non-hydrogen) atoms. The summed E-state index contributed by atoms with van der Waals surface area (Å²) in [6.07, 6.45) is 9.48. The summed E-state index contributed by atoms with van der Waals surface area (Å²) in [5, 5.41) is 0. The molecule has 0 radical (unpaired) electrons. The van der Waals surface area contributed by atoms with Gasteiger partial charge in [-0.05, 0) is 32.9 Å². The van der Waals surface area contributed by atoms with Crippen molar-refractivity contribution < 1.29 is 0 Å². The average Bonchev–Trinajstić information content (AvgIpc) is 2.52. The van der Waals surface area contributed by atoms with Gasteiger partial charge < -0.3 is 0 Å². The van der Waals surface area contributed by atoms with Crippen LogP contribution in [0.3, 0.4) is 0 Å². The van der Waals surface area contributed by atoms with Crippen molar-refractivity contribution in [1.82, 2.24) is 9.13 Å². The van der Waals surface area contributed by atoms with Gasteiger partial charge >= 0.3 is 5.69 Å². The normalized spacial score (nSPS) is 12.1. The van der Waals surface area contributed by atoms with Crippen LogP contribution in [0.4, 0.5) is 0 Å². The molecule has 0 spiro atoms. The molecule has 0 saturated carbocycles. The second kappa shape index (κ2) is 5.53. The number of nitrogens with zero attached hydrogens (tertiary/aromatic N) is 2. The van der Waals surface area contributed by atoms with Crippen LogP contribution < -0.4 is 5.69 Å². The molecular formula is C14H20N2O. The van der Waals surface area contributed by atoms with E-state index >= 15 is 0 Å². The minimum Gasteiger partial charge on any atom is -0.295 e. The Morgan fingerprint density at radius 1 is 1.24 bits per heavy atom. The first-order valence-corrected chi connectivity index (χ1v) is 5.77. The largest absolute Gasteiger partial charge is 0.329 e. The van der Waals surface area contributed by atoms with Gasteiger partial charge in [0.25, 0.3) is 0 Å². The Bertz CT molecular complexity index is 513. The van der Waals surface area contributed by atoms with Gasteiger partial charge in [0.2, 0.25) is 0 Å². The summed E-state index contributed by atoms with van der Waals surface area (Å²) in [5.41, 5.74) is 1.75. The monoisotopic (exact) mass is 232 g/mol. The van der Waals surface area contributed by atoms with E-state index in [2.05, 4.69) is 6.58 Å². The molecule has 3 nitrogen and oxygen atoms in total. The molecule has 92 valence electrons. The van der Waals surface area contributed by atoms with Gasteiger partial charge in [0, 0.05) is 13.1 Å². The third-order valence-corrected chi connectivity index (χ3v) is 2.64. The van der Waals surface area contributed by atoms with Crippen LogP contribution in [-0.4, -0.2) is 9.13 Å². The quantitative estimate of drug-likeness (QED) is 0.733. The number of hydrogen-bond acceptors (Lipinski definition) is 1. The average molecular weight is 232 g/mol. The Balaban J connectivity index is 3.48. The van der Waals surface area contributed by atoms with E-state index in [0.29, 0.717) is 0 Å². The summed E-state index contributed by atoms with van der Waals surface area (Å²) in [5.74, 6) is 0. The van der Waals surface area contributed by atoms with E-state index in [9.17, 15) is 4.79 Å². The summed E-state index contributed by atoms with van der Waals surface area (Å²) in [6.45, 7) is 9.73. The number of allylic oxidation sites excluding steroid dienone is 3. The van der Waals surface area contributed by atoms with E-state index in [4.69, 9.17) is 0 Å². The van der Waals surface area contributed by atoms with Crippen molar-refractivity contribution >= 4 is 12.2 Å². The van der Waals surface area contributed by atoms with Gasteiger partial charge in [0.1, 0.15) is 0 Å². The van der Waals surface area contributed by atoms with Gasteiger partial charge in [-0.25, -0.2) is 4.79 Å². The molecule has 1 heterocycles.